The van der Waals surface area contributed by atoms with Crippen LogP contribution in [-0.2, 0) is 9.59 Å². The lowest BCUT2D eigenvalue weighted by Crippen LogP contribution is -2.58. The number of piperazine rings is 1. The van der Waals surface area contributed by atoms with E-state index in [1.807, 2.05) is 4.90 Å². The fourth-order valence-electron chi connectivity index (χ4n) is 7.83. The van der Waals surface area contributed by atoms with E-state index in [0.29, 0.717) is 18.2 Å². The molecule has 1 heterocycles. The molecule has 0 unspecified atom stereocenters. The molecule has 6 aliphatic rings. The van der Waals surface area contributed by atoms with Gasteiger partial charge in [-0.15, -0.1) is 0 Å². The van der Waals surface area contributed by atoms with Crippen molar-refractivity contribution >= 4 is 11.8 Å². The molecule has 4 nitrogen and oxygen atoms in total. The highest BCUT2D eigenvalue weighted by Gasteiger charge is 2.55. The Hall–Kier alpha value is -1.06. The average Bonchev–Trinajstić information content (AvgIpc) is 2.71. The van der Waals surface area contributed by atoms with Gasteiger partial charge in [-0.05, 0) is 68.6 Å². The molecule has 1 aliphatic heterocycles. The monoisotopic (exact) mass is 386 g/mol. The molecular formula is C24H38N2O2. The molecule has 6 fully saturated rings. The van der Waals surface area contributed by atoms with E-state index in [1.165, 1.54) is 51.4 Å². The van der Waals surface area contributed by atoms with Crippen LogP contribution in [0.2, 0.25) is 0 Å². The molecular weight excluding hydrogens is 348 g/mol. The summed E-state index contributed by atoms with van der Waals surface area (Å²) in [6, 6.07) is 0. The third kappa shape index (κ3) is 3.61. The lowest BCUT2D eigenvalue weighted by atomic mass is 9.49. The van der Waals surface area contributed by atoms with E-state index in [1.54, 1.807) is 0 Å². The maximum atomic E-state index is 13.5. The molecule has 0 aromatic carbocycles. The number of amides is 2. The van der Waals surface area contributed by atoms with Crippen molar-refractivity contribution in [2.24, 2.45) is 29.1 Å². The molecule has 5 aliphatic carbocycles. The van der Waals surface area contributed by atoms with E-state index >= 15 is 0 Å². The van der Waals surface area contributed by atoms with Crippen molar-refractivity contribution in [3.63, 3.8) is 0 Å². The SMILES string of the molecule is O=C(CCC1CCCCC1)N1CCN(C(=O)C23CC4CC(CC(C4)C2)C3)CC1. The van der Waals surface area contributed by atoms with E-state index < -0.39 is 0 Å². The zero-order valence-corrected chi connectivity index (χ0v) is 17.5. The maximum Gasteiger partial charge on any atom is 0.228 e. The largest absolute Gasteiger partial charge is 0.339 e. The Morgan fingerprint density at radius 1 is 0.750 bits per heavy atom. The van der Waals surface area contributed by atoms with Crippen LogP contribution in [0.25, 0.3) is 0 Å². The van der Waals surface area contributed by atoms with Crippen molar-refractivity contribution in [2.45, 2.75) is 83.5 Å². The number of carbonyl (C=O) groups excluding carboxylic acids is 2. The zero-order chi connectivity index (χ0) is 19.1. The Bertz CT molecular complexity index is 566. The standard InChI is InChI=1S/C24H38N2O2/c27-22(7-6-18-4-2-1-3-5-18)25-8-10-26(11-9-25)23(28)24-15-19-12-20(16-24)14-21(13-19)17-24/h18-21H,1-17H2. The predicted octanol–water partition coefficient (Wildman–Crippen LogP) is 4.23. The molecule has 0 radical (unpaired) electrons. The van der Waals surface area contributed by atoms with Gasteiger partial charge in [0.2, 0.25) is 11.8 Å². The average molecular weight is 387 g/mol. The molecule has 0 N–H and O–H groups in total. The normalized spacial score (nSPS) is 38.1. The number of carbonyl (C=O) groups is 2. The fourth-order valence-corrected chi connectivity index (χ4v) is 7.83. The topological polar surface area (TPSA) is 40.6 Å². The van der Waals surface area contributed by atoms with Gasteiger partial charge in [-0.2, -0.15) is 0 Å². The summed E-state index contributed by atoms with van der Waals surface area (Å²) in [6.45, 7) is 3.02. The first-order valence-electron chi connectivity index (χ1n) is 12.2. The van der Waals surface area contributed by atoms with Crippen molar-refractivity contribution in [1.82, 2.24) is 9.80 Å². The van der Waals surface area contributed by atoms with Crippen LogP contribution in [0.1, 0.15) is 83.5 Å². The summed E-state index contributed by atoms with van der Waals surface area (Å²) in [5, 5.41) is 0. The third-order valence-corrected chi connectivity index (χ3v) is 8.90. The molecule has 0 aromatic heterocycles. The van der Waals surface area contributed by atoms with Gasteiger partial charge in [-0.25, -0.2) is 0 Å². The quantitative estimate of drug-likeness (QED) is 0.725. The Morgan fingerprint density at radius 3 is 1.86 bits per heavy atom. The highest BCUT2D eigenvalue weighted by molar-refractivity contribution is 5.84. The van der Waals surface area contributed by atoms with E-state index in [-0.39, 0.29) is 5.41 Å². The number of hydrogen-bond acceptors (Lipinski definition) is 2. The van der Waals surface area contributed by atoms with Gasteiger partial charge < -0.3 is 9.80 Å². The van der Waals surface area contributed by atoms with Gasteiger partial charge in [0.1, 0.15) is 0 Å². The summed E-state index contributed by atoms with van der Waals surface area (Å²) < 4.78 is 0. The van der Waals surface area contributed by atoms with Crippen LogP contribution in [0.15, 0.2) is 0 Å². The molecule has 28 heavy (non-hydrogen) atoms. The minimum atomic E-state index is -0.0259. The molecule has 4 heteroatoms. The molecule has 0 spiro atoms. The first kappa shape index (κ1) is 18.9. The third-order valence-electron chi connectivity index (χ3n) is 8.90. The highest BCUT2D eigenvalue weighted by atomic mass is 16.2. The van der Waals surface area contributed by atoms with Gasteiger partial charge in [0.25, 0.3) is 0 Å². The van der Waals surface area contributed by atoms with Crippen LogP contribution in [0, 0.1) is 29.1 Å². The molecule has 0 atom stereocenters. The second-order valence-electron chi connectivity index (χ2n) is 10.9. The summed E-state index contributed by atoms with van der Waals surface area (Å²) >= 11 is 0. The van der Waals surface area contributed by atoms with Gasteiger partial charge >= 0.3 is 0 Å². The van der Waals surface area contributed by atoms with E-state index in [9.17, 15) is 9.59 Å². The maximum absolute atomic E-state index is 13.5. The van der Waals surface area contributed by atoms with Crippen LogP contribution >= 0.6 is 0 Å². The molecule has 0 aromatic rings. The van der Waals surface area contributed by atoms with Gasteiger partial charge in [-0.3, -0.25) is 9.59 Å². The smallest absolute Gasteiger partial charge is 0.228 e. The second-order valence-corrected chi connectivity index (χ2v) is 10.9. The summed E-state index contributed by atoms with van der Waals surface area (Å²) in [7, 11) is 0. The van der Waals surface area contributed by atoms with E-state index in [4.69, 9.17) is 0 Å². The van der Waals surface area contributed by atoms with Crippen molar-refractivity contribution < 1.29 is 9.59 Å². The van der Waals surface area contributed by atoms with Crippen molar-refractivity contribution in [1.29, 1.82) is 0 Å². The first-order valence-corrected chi connectivity index (χ1v) is 12.2. The number of hydrogen-bond donors (Lipinski definition) is 0. The van der Waals surface area contributed by atoms with Crippen LogP contribution in [-0.4, -0.2) is 47.8 Å². The Morgan fingerprint density at radius 2 is 1.29 bits per heavy atom. The number of nitrogens with zero attached hydrogens (tertiary/aromatic N) is 2. The molecule has 2 amide bonds. The molecule has 1 saturated heterocycles. The van der Waals surface area contributed by atoms with Gasteiger partial charge in [-0.1, -0.05) is 32.1 Å². The second kappa shape index (κ2) is 7.65. The fraction of sp³-hybridized carbons (Fsp3) is 0.917. The van der Waals surface area contributed by atoms with Gasteiger partial charge in [0.15, 0.2) is 0 Å². The minimum Gasteiger partial charge on any atom is -0.339 e. The molecule has 5 saturated carbocycles. The van der Waals surface area contributed by atoms with Crippen molar-refractivity contribution in [3.8, 4) is 0 Å². The number of rotatable bonds is 4. The Balaban J connectivity index is 1.12. The Labute approximate surface area is 170 Å². The lowest BCUT2D eigenvalue weighted by Gasteiger charge is -2.57. The predicted molar refractivity (Wildman–Crippen MR) is 110 cm³/mol. The molecule has 6 rings (SSSR count). The van der Waals surface area contributed by atoms with Crippen LogP contribution in [0.3, 0.4) is 0 Å². The Kier molecular flexibility index (Phi) is 5.17. The minimum absolute atomic E-state index is 0.0259. The highest BCUT2D eigenvalue weighted by Crippen LogP contribution is 2.60. The van der Waals surface area contributed by atoms with Crippen molar-refractivity contribution in [2.75, 3.05) is 26.2 Å². The lowest BCUT2D eigenvalue weighted by molar-refractivity contribution is -0.160. The van der Waals surface area contributed by atoms with E-state index in [0.717, 1.165) is 75.5 Å². The van der Waals surface area contributed by atoms with Crippen LogP contribution < -0.4 is 0 Å². The van der Waals surface area contributed by atoms with Crippen LogP contribution in [0.5, 0.6) is 0 Å². The zero-order valence-electron chi connectivity index (χ0n) is 17.5. The summed E-state index contributed by atoms with van der Waals surface area (Å²) in [6.07, 6.45) is 16.1. The molecule has 4 bridgehead atoms. The van der Waals surface area contributed by atoms with E-state index in [2.05, 4.69) is 4.90 Å². The van der Waals surface area contributed by atoms with Gasteiger partial charge in [0, 0.05) is 32.6 Å². The summed E-state index contributed by atoms with van der Waals surface area (Å²) in [5.41, 5.74) is -0.0259. The van der Waals surface area contributed by atoms with Gasteiger partial charge in [0.05, 0.1) is 5.41 Å². The first-order chi connectivity index (χ1) is 13.6. The van der Waals surface area contributed by atoms with Crippen LogP contribution in [0.4, 0.5) is 0 Å². The molecule has 156 valence electrons. The summed E-state index contributed by atoms with van der Waals surface area (Å²) in [4.78, 5) is 30.3. The van der Waals surface area contributed by atoms with Crippen molar-refractivity contribution in [3.05, 3.63) is 0 Å². The summed E-state index contributed by atoms with van der Waals surface area (Å²) in [5.74, 6) is 4.00.